The lowest BCUT2D eigenvalue weighted by molar-refractivity contribution is 0.245. The Balaban J connectivity index is 2.00. The number of hydrogen-bond donors (Lipinski definition) is 0. The Labute approximate surface area is 121 Å². The van der Waals surface area contributed by atoms with Crippen molar-refractivity contribution in [2.45, 2.75) is 20.1 Å². The molecule has 2 aromatic rings. The van der Waals surface area contributed by atoms with Gasteiger partial charge in [0, 0.05) is 11.6 Å². The lowest BCUT2D eigenvalue weighted by Gasteiger charge is -2.16. The molecule has 3 nitrogen and oxygen atoms in total. The summed E-state index contributed by atoms with van der Waals surface area (Å²) in [5.41, 5.74) is 1.22. The molecule has 0 aliphatic heterocycles. The van der Waals surface area contributed by atoms with E-state index in [0.717, 1.165) is 20.5 Å². The van der Waals surface area contributed by atoms with Crippen LogP contribution in [0.1, 0.15) is 10.6 Å². The van der Waals surface area contributed by atoms with Gasteiger partial charge in [-0.2, -0.15) is 5.10 Å². The van der Waals surface area contributed by atoms with Gasteiger partial charge in [0.1, 0.15) is 5.01 Å². The normalized spacial score (nSPS) is 11.1. The van der Waals surface area contributed by atoms with Crippen molar-refractivity contribution in [2.75, 3.05) is 7.05 Å². The first-order valence-corrected chi connectivity index (χ1v) is 7.12. The monoisotopic (exact) mass is 299 g/mol. The largest absolute Gasteiger partial charge is 0.283 e. The Kier molecular flexibility index (Phi) is 4.50. The predicted molar refractivity (Wildman–Crippen MR) is 78.6 cm³/mol. The standard InChI is InChI=1S/C12H14ClN3S2/c1-9-14-16(12(17)18-9)8-15(2)7-10-3-5-11(13)6-4-10/h3-6H,7-8H2,1-2H3. The zero-order valence-electron chi connectivity index (χ0n) is 10.3. The summed E-state index contributed by atoms with van der Waals surface area (Å²) in [6.07, 6.45) is 0. The zero-order valence-corrected chi connectivity index (χ0v) is 12.6. The quantitative estimate of drug-likeness (QED) is 0.803. The minimum Gasteiger partial charge on any atom is -0.283 e. The van der Waals surface area contributed by atoms with Crippen LogP contribution >= 0.6 is 35.2 Å². The van der Waals surface area contributed by atoms with Crippen molar-refractivity contribution >= 4 is 35.2 Å². The van der Waals surface area contributed by atoms with Crippen LogP contribution in [0, 0.1) is 10.9 Å². The van der Waals surface area contributed by atoms with E-state index in [-0.39, 0.29) is 0 Å². The summed E-state index contributed by atoms with van der Waals surface area (Å²) >= 11 is 12.7. The highest BCUT2D eigenvalue weighted by molar-refractivity contribution is 7.73. The fourth-order valence-corrected chi connectivity index (χ4v) is 2.86. The second-order valence-electron chi connectivity index (χ2n) is 4.17. The molecule has 0 radical (unpaired) electrons. The van der Waals surface area contributed by atoms with E-state index in [0.29, 0.717) is 6.67 Å². The van der Waals surface area contributed by atoms with Crippen molar-refractivity contribution in [3.63, 3.8) is 0 Å². The van der Waals surface area contributed by atoms with Crippen molar-refractivity contribution in [2.24, 2.45) is 0 Å². The molecular weight excluding hydrogens is 286 g/mol. The molecule has 0 bridgehead atoms. The van der Waals surface area contributed by atoms with Crippen LogP contribution in [0.3, 0.4) is 0 Å². The average Bonchev–Trinajstić information content (AvgIpc) is 2.61. The highest BCUT2D eigenvalue weighted by Gasteiger charge is 2.04. The number of aryl methyl sites for hydroxylation is 1. The number of rotatable bonds is 4. The second-order valence-corrected chi connectivity index (χ2v) is 6.43. The molecule has 1 heterocycles. The summed E-state index contributed by atoms with van der Waals surface area (Å²) < 4.78 is 2.67. The van der Waals surface area contributed by atoms with Gasteiger partial charge in [0.25, 0.3) is 0 Å². The van der Waals surface area contributed by atoms with Crippen molar-refractivity contribution in [3.8, 4) is 0 Å². The molecule has 0 aliphatic carbocycles. The van der Waals surface area contributed by atoms with Gasteiger partial charge in [-0.25, -0.2) is 4.68 Å². The van der Waals surface area contributed by atoms with Gasteiger partial charge in [-0.15, -0.1) is 0 Å². The van der Waals surface area contributed by atoms with Gasteiger partial charge in [-0.3, -0.25) is 4.90 Å². The molecule has 0 spiro atoms. The average molecular weight is 300 g/mol. The van der Waals surface area contributed by atoms with E-state index >= 15 is 0 Å². The van der Waals surface area contributed by atoms with Crippen LogP contribution in [0.5, 0.6) is 0 Å². The lowest BCUT2D eigenvalue weighted by Crippen LogP contribution is -2.22. The molecule has 0 N–H and O–H groups in total. The zero-order chi connectivity index (χ0) is 13.1. The van der Waals surface area contributed by atoms with E-state index in [1.165, 1.54) is 5.56 Å². The lowest BCUT2D eigenvalue weighted by atomic mass is 10.2. The third kappa shape index (κ3) is 3.62. The summed E-state index contributed by atoms with van der Waals surface area (Å²) in [7, 11) is 2.05. The molecule has 0 atom stereocenters. The van der Waals surface area contributed by atoms with Gasteiger partial charge in [0.05, 0.1) is 6.67 Å². The van der Waals surface area contributed by atoms with Gasteiger partial charge >= 0.3 is 0 Å². The molecule has 96 valence electrons. The fourth-order valence-electron chi connectivity index (χ4n) is 1.68. The van der Waals surface area contributed by atoms with Gasteiger partial charge in [-0.1, -0.05) is 35.1 Å². The minimum atomic E-state index is 0.700. The summed E-state index contributed by atoms with van der Waals surface area (Å²) in [5.74, 6) is 0. The Morgan fingerprint density at radius 2 is 2.06 bits per heavy atom. The third-order valence-corrected chi connectivity index (χ3v) is 3.92. The van der Waals surface area contributed by atoms with Gasteiger partial charge in [0.15, 0.2) is 3.95 Å². The van der Waals surface area contributed by atoms with Crippen LogP contribution in [-0.4, -0.2) is 21.7 Å². The van der Waals surface area contributed by atoms with Crippen LogP contribution in [0.4, 0.5) is 0 Å². The molecule has 1 aromatic carbocycles. The summed E-state index contributed by atoms with van der Waals surface area (Å²) in [4.78, 5) is 2.16. The Morgan fingerprint density at radius 1 is 1.39 bits per heavy atom. The van der Waals surface area contributed by atoms with Crippen molar-refractivity contribution in [3.05, 3.63) is 43.8 Å². The topological polar surface area (TPSA) is 21.1 Å². The Morgan fingerprint density at radius 3 is 2.61 bits per heavy atom. The maximum absolute atomic E-state index is 5.86. The third-order valence-electron chi connectivity index (χ3n) is 2.45. The molecule has 0 fully saturated rings. The van der Waals surface area contributed by atoms with Crippen molar-refractivity contribution in [1.82, 2.24) is 14.7 Å². The van der Waals surface area contributed by atoms with E-state index in [1.54, 1.807) is 11.3 Å². The molecule has 0 saturated carbocycles. The van der Waals surface area contributed by atoms with Crippen LogP contribution in [-0.2, 0) is 13.2 Å². The van der Waals surface area contributed by atoms with E-state index < -0.39 is 0 Å². The van der Waals surface area contributed by atoms with Crippen molar-refractivity contribution < 1.29 is 0 Å². The number of hydrogen-bond acceptors (Lipinski definition) is 4. The fraction of sp³-hybridized carbons (Fsp3) is 0.333. The Hall–Kier alpha value is -0.750. The van der Waals surface area contributed by atoms with E-state index in [2.05, 4.69) is 10.00 Å². The molecule has 0 unspecified atom stereocenters. The number of aromatic nitrogens is 2. The molecule has 0 aliphatic rings. The molecule has 1 aromatic heterocycles. The predicted octanol–water partition coefficient (Wildman–Crippen LogP) is 3.73. The van der Waals surface area contributed by atoms with Gasteiger partial charge < -0.3 is 0 Å². The SMILES string of the molecule is Cc1nn(CN(C)Cc2ccc(Cl)cc2)c(=S)s1. The number of halogens is 1. The minimum absolute atomic E-state index is 0.700. The first-order chi connectivity index (χ1) is 8.54. The summed E-state index contributed by atoms with van der Waals surface area (Å²) in [5, 5.41) is 6.14. The highest BCUT2D eigenvalue weighted by Crippen LogP contribution is 2.12. The van der Waals surface area contributed by atoms with Crippen molar-refractivity contribution in [1.29, 1.82) is 0 Å². The number of nitrogens with zero attached hydrogens (tertiary/aromatic N) is 3. The van der Waals surface area contributed by atoms with E-state index in [9.17, 15) is 0 Å². The molecule has 2 rings (SSSR count). The van der Waals surface area contributed by atoms with Crippen LogP contribution in [0.15, 0.2) is 24.3 Å². The maximum Gasteiger partial charge on any atom is 0.180 e. The molecule has 18 heavy (non-hydrogen) atoms. The molecular formula is C12H14ClN3S2. The molecule has 0 saturated heterocycles. The number of benzene rings is 1. The van der Waals surface area contributed by atoms with Crippen LogP contribution in [0.2, 0.25) is 5.02 Å². The van der Waals surface area contributed by atoms with Gasteiger partial charge in [0.2, 0.25) is 0 Å². The van der Waals surface area contributed by atoms with E-state index in [1.807, 2.05) is 42.9 Å². The van der Waals surface area contributed by atoms with E-state index in [4.69, 9.17) is 23.8 Å². The smallest absolute Gasteiger partial charge is 0.180 e. The Bertz CT molecular complexity index is 574. The summed E-state index contributed by atoms with van der Waals surface area (Å²) in [6, 6.07) is 7.88. The summed E-state index contributed by atoms with van der Waals surface area (Å²) in [6.45, 7) is 3.51. The second kappa shape index (κ2) is 5.93. The van der Waals surface area contributed by atoms with Crippen LogP contribution in [0.25, 0.3) is 0 Å². The first-order valence-electron chi connectivity index (χ1n) is 5.52. The first kappa shape index (κ1) is 13.7. The van der Waals surface area contributed by atoms with Gasteiger partial charge in [-0.05, 0) is 43.9 Å². The molecule has 6 heteroatoms. The highest BCUT2D eigenvalue weighted by atomic mass is 35.5. The maximum atomic E-state index is 5.86. The van der Waals surface area contributed by atoms with Crippen LogP contribution < -0.4 is 0 Å². The molecule has 0 amide bonds.